The van der Waals surface area contributed by atoms with Gasteiger partial charge in [0.1, 0.15) is 0 Å². The van der Waals surface area contributed by atoms with Crippen LogP contribution in [0.25, 0.3) is 0 Å². The summed E-state index contributed by atoms with van der Waals surface area (Å²) in [5.74, 6) is 0.388. The maximum Gasteiger partial charge on any atom is 0.228 e. The molecule has 0 atom stereocenters. The normalized spacial score (nSPS) is 14.5. The van der Waals surface area contributed by atoms with Crippen LogP contribution in [0.15, 0.2) is 60.7 Å². The van der Waals surface area contributed by atoms with E-state index in [2.05, 4.69) is 29.6 Å². The van der Waals surface area contributed by atoms with E-state index in [0.29, 0.717) is 13.1 Å². The number of carbonyl (C=O) groups excluding carboxylic acids is 1. The largest absolute Gasteiger partial charge is 0.334 e. The van der Waals surface area contributed by atoms with Gasteiger partial charge in [-0.2, -0.15) is 0 Å². The van der Waals surface area contributed by atoms with Crippen LogP contribution < -0.4 is 5.32 Å². The SMILES string of the molecule is O=C(C1CNC1)N(Cc1ccccc1)Cc1ccccc1. The van der Waals surface area contributed by atoms with E-state index >= 15 is 0 Å². The van der Waals surface area contributed by atoms with Crippen molar-refractivity contribution >= 4 is 5.91 Å². The standard InChI is InChI=1S/C18H20N2O/c21-18(17-11-19-12-17)20(13-15-7-3-1-4-8-15)14-16-9-5-2-6-10-16/h1-10,17,19H,11-14H2. The maximum atomic E-state index is 12.6. The molecule has 108 valence electrons. The number of nitrogens with zero attached hydrogens (tertiary/aromatic N) is 1. The average molecular weight is 280 g/mol. The van der Waals surface area contributed by atoms with Crippen LogP contribution >= 0.6 is 0 Å². The highest BCUT2D eigenvalue weighted by atomic mass is 16.2. The van der Waals surface area contributed by atoms with E-state index in [9.17, 15) is 4.79 Å². The zero-order valence-corrected chi connectivity index (χ0v) is 12.0. The van der Waals surface area contributed by atoms with Gasteiger partial charge < -0.3 is 10.2 Å². The minimum atomic E-state index is 0.137. The van der Waals surface area contributed by atoms with Gasteiger partial charge in [0.15, 0.2) is 0 Å². The molecule has 0 aliphatic carbocycles. The van der Waals surface area contributed by atoms with Crippen LogP contribution in [0, 0.1) is 5.92 Å². The summed E-state index contributed by atoms with van der Waals surface area (Å²) < 4.78 is 0. The summed E-state index contributed by atoms with van der Waals surface area (Å²) in [5, 5.41) is 3.18. The van der Waals surface area contributed by atoms with Gasteiger partial charge in [0.05, 0.1) is 5.92 Å². The minimum Gasteiger partial charge on any atom is -0.334 e. The van der Waals surface area contributed by atoms with Crippen LogP contribution in [0.1, 0.15) is 11.1 Å². The van der Waals surface area contributed by atoms with Gasteiger partial charge in [-0.25, -0.2) is 0 Å². The lowest BCUT2D eigenvalue weighted by Crippen LogP contribution is -2.51. The molecule has 1 aliphatic rings. The molecule has 0 saturated carbocycles. The van der Waals surface area contributed by atoms with E-state index in [1.54, 1.807) is 0 Å². The van der Waals surface area contributed by atoms with Gasteiger partial charge in [-0.3, -0.25) is 4.79 Å². The number of hydrogen-bond acceptors (Lipinski definition) is 2. The number of carbonyl (C=O) groups is 1. The van der Waals surface area contributed by atoms with Crippen molar-refractivity contribution in [3.8, 4) is 0 Å². The number of amides is 1. The van der Waals surface area contributed by atoms with Crippen LogP contribution in [-0.2, 0) is 17.9 Å². The monoisotopic (exact) mass is 280 g/mol. The van der Waals surface area contributed by atoms with Crippen LogP contribution in [0.2, 0.25) is 0 Å². The first-order valence-electron chi connectivity index (χ1n) is 7.40. The Bertz CT molecular complexity index is 537. The topological polar surface area (TPSA) is 32.3 Å². The van der Waals surface area contributed by atoms with Gasteiger partial charge in [0.25, 0.3) is 0 Å². The Morgan fingerprint density at radius 3 is 1.76 bits per heavy atom. The second kappa shape index (κ2) is 6.55. The van der Waals surface area contributed by atoms with Crippen LogP contribution in [0.5, 0.6) is 0 Å². The number of benzene rings is 2. The highest BCUT2D eigenvalue weighted by Crippen LogP contribution is 2.15. The molecular weight excluding hydrogens is 260 g/mol. The molecule has 1 amide bonds. The first-order chi connectivity index (χ1) is 10.3. The van der Waals surface area contributed by atoms with E-state index in [0.717, 1.165) is 13.1 Å². The van der Waals surface area contributed by atoms with Crippen molar-refractivity contribution in [2.45, 2.75) is 13.1 Å². The van der Waals surface area contributed by atoms with Gasteiger partial charge >= 0.3 is 0 Å². The zero-order chi connectivity index (χ0) is 14.5. The minimum absolute atomic E-state index is 0.137. The van der Waals surface area contributed by atoms with Crippen LogP contribution in [0.4, 0.5) is 0 Å². The van der Waals surface area contributed by atoms with E-state index in [1.165, 1.54) is 11.1 Å². The molecule has 2 aromatic carbocycles. The highest BCUT2D eigenvalue weighted by molar-refractivity contribution is 5.80. The molecule has 1 N–H and O–H groups in total. The molecular formula is C18H20N2O. The second-order valence-electron chi connectivity index (χ2n) is 5.52. The maximum absolute atomic E-state index is 12.6. The fraction of sp³-hybridized carbons (Fsp3) is 0.278. The van der Waals surface area contributed by atoms with Gasteiger partial charge in [-0.1, -0.05) is 60.7 Å². The Kier molecular flexibility index (Phi) is 4.31. The molecule has 3 heteroatoms. The molecule has 0 unspecified atom stereocenters. The molecule has 0 bridgehead atoms. The van der Waals surface area contributed by atoms with Crippen LogP contribution in [-0.4, -0.2) is 23.9 Å². The van der Waals surface area contributed by atoms with Crippen molar-refractivity contribution < 1.29 is 4.79 Å². The van der Waals surface area contributed by atoms with Gasteiger partial charge in [-0.15, -0.1) is 0 Å². The Labute approximate surface area is 125 Å². The van der Waals surface area contributed by atoms with Crippen molar-refractivity contribution in [3.05, 3.63) is 71.8 Å². The third-order valence-corrected chi connectivity index (χ3v) is 3.87. The van der Waals surface area contributed by atoms with Gasteiger partial charge in [0, 0.05) is 26.2 Å². The molecule has 1 saturated heterocycles. The molecule has 3 nitrogen and oxygen atoms in total. The predicted molar refractivity (Wildman–Crippen MR) is 83.5 cm³/mol. The fourth-order valence-electron chi connectivity index (χ4n) is 2.54. The van der Waals surface area contributed by atoms with Crippen molar-refractivity contribution in [3.63, 3.8) is 0 Å². The predicted octanol–water partition coefficient (Wildman–Crippen LogP) is 2.43. The van der Waals surface area contributed by atoms with Crippen molar-refractivity contribution in [1.82, 2.24) is 10.2 Å². The summed E-state index contributed by atoms with van der Waals surface area (Å²) in [7, 11) is 0. The van der Waals surface area contributed by atoms with E-state index < -0.39 is 0 Å². The molecule has 1 heterocycles. The summed E-state index contributed by atoms with van der Waals surface area (Å²) in [6.07, 6.45) is 0. The second-order valence-corrected chi connectivity index (χ2v) is 5.52. The third kappa shape index (κ3) is 3.50. The Morgan fingerprint density at radius 1 is 0.905 bits per heavy atom. The van der Waals surface area contributed by atoms with E-state index in [1.807, 2.05) is 41.3 Å². The van der Waals surface area contributed by atoms with E-state index in [-0.39, 0.29) is 11.8 Å². The van der Waals surface area contributed by atoms with Crippen LogP contribution in [0.3, 0.4) is 0 Å². The first-order valence-corrected chi connectivity index (χ1v) is 7.40. The van der Waals surface area contributed by atoms with Gasteiger partial charge in [-0.05, 0) is 11.1 Å². The fourth-order valence-corrected chi connectivity index (χ4v) is 2.54. The lowest BCUT2D eigenvalue weighted by molar-refractivity contribution is -0.138. The molecule has 1 fully saturated rings. The molecule has 21 heavy (non-hydrogen) atoms. The number of rotatable bonds is 5. The zero-order valence-electron chi connectivity index (χ0n) is 12.0. The third-order valence-electron chi connectivity index (χ3n) is 3.87. The molecule has 0 radical (unpaired) electrons. The van der Waals surface area contributed by atoms with Crippen molar-refractivity contribution in [2.75, 3.05) is 13.1 Å². The Balaban J connectivity index is 1.75. The summed E-state index contributed by atoms with van der Waals surface area (Å²) in [6.45, 7) is 2.95. The lowest BCUT2D eigenvalue weighted by Gasteiger charge is -2.32. The Hall–Kier alpha value is -2.13. The van der Waals surface area contributed by atoms with Crippen molar-refractivity contribution in [1.29, 1.82) is 0 Å². The summed E-state index contributed by atoms with van der Waals surface area (Å²) in [5.41, 5.74) is 2.35. The quantitative estimate of drug-likeness (QED) is 0.912. The molecule has 2 aromatic rings. The summed E-state index contributed by atoms with van der Waals surface area (Å²) >= 11 is 0. The molecule has 0 spiro atoms. The average Bonchev–Trinajstić information content (AvgIpc) is 2.47. The Morgan fingerprint density at radius 2 is 1.38 bits per heavy atom. The summed E-state index contributed by atoms with van der Waals surface area (Å²) in [6, 6.07) is 20.4. The van der Waals surface area contributed by atoms with Gasteiger partial charge in [0.2, 0.25) is 5.91 Å². The van der Waals surface area contributed by atoms with E-state index in [4.69, 9.17) is 0 Å². The molecule has 1 aliphatic heterocycles. The summed E-state index contributed by atoms with van der Waals surface area (Å²) in [4.78, 5) is 14.6. The molecule has 0 aromatic heterocycles. The molecule has 3 rings (SSSR count). The first kappa shape index (κ1) is 13.8. The number of nitrogens with one attached hydrogen (secondary N) is 1. The number of hydrogen-bond donors (Lipinski definition) is 1. The van der Waals surface area contributed by atoms with Crippen molar-refractivity contribution in [2.24, 2.45) is 5.92 Å². The highest BCUT2D eigenvalue weighted by Gasteiger charge is 2.29. The smallest absolute Gasteiger partial charge is 0.228 e. The lowest BCUT2D eigenvalue weighted by atomic mass is 10.0.